The number of hydrogen-bond acceptors (Lipinski definition) is 15. The first-order valence-corrected chi connectivity index (χ1v) is 22.1. The van der Waals surface area contributed by atoms with E-state index in [1.807, 2.05) is 12.0 Å². The maximum Gasteiger partial charge on any atom is -0.870 e. The van der Waals surface area contributed by atoms with Crippen LogP contribution in [0.25, 0.3) is 0 Å². The molecule has 0 saturated carbocycles. The Kier molecular flexibility index (Phi) is 42.8. The Balaban J connectivity index is -0.00000171. The monoisotopic (exact) mass is 506 g/mol. The summed E-state index contributed by atoms with van der Waals surface area (Å²) in [6.07, 6.45) is 8.36. The van der Waals surface area contributed by atoms with Crippen LogP contribution in [0.2, 0.25) is 0 Å². The molecule has 0 aliphatic rings. The van der Waals surface area contributed by atoms with E-state index < -0.39 is 0 Å². The third-order valence-electron chi connectivity index (χ3n) is 0.997. The van der Waals surface area contributed by atoms with Gasteiger partial charge in [0.15, 0.2) is 6.11 Å². The molecular weight excluding hydrogens is 504 g/mol. The van der Waals surface area contributed by atoms with Crippen LogP contribution in [0.1, 0.15) is 0 Å². The van der Waals surface area contributed by atoms with Gasteiger partial charge in [0, 0.05) is 53.9 Å². The van der Waals surface area contributed by atoms with Crippen molar-refractivity contribution >= 4 is 66.0 Å². The van der Waals surface area contributed by atoms with E-state index in [2.05, 4.69) is 119 Å². The smallest absolute Gasteiger partial charge is 0.870 e. The topological polar surface area (TPSA) is 170 Å². The van der Waals surface area contributed by atoms with Crippen molar-refractivity contribution in [1.29, 1.82) is 0 Å². The van der Waals surface area contributed by atoms with E-state index in [1.54, 1.807) is 51.9 Å². The van der Waals surface area contributed by atoms with Crippen LogP contribution in [0, 0.1) is 71.7 Å². The maximum atomic E-state index is 7.55. The Morgan fingerprint density at radius 2 is 0.900 bits per heavy atom. The van der Waals surface area contributed by atoms with Crippen molar-refractivity contribution in [3.05, 3.63) is 6.42 Å². The van der Waals surface area contributed by atoms with Crippen LogP contribution in [-0.4, -0.2) is 76.8 Å². The van der Waals surface area contributed by atoms with Gasteiger partial charge in [-0.2, -0.15) is 0 Å². The molecule has 0 heterocycles. The van der Waals surface area contributed by atoms with E-state index in [1.165, 1.54) is 0 Å². The van der Waals surface area contributed by atoms with Crippen molar-refractivity contribution in [1.82, 2.24) is 0 Å². The zero-order valence-corrected chi connectivity index (χ0v) is 20.9. The molecule has 0 bridgehead atoms. The second-order valence-electron chi connectivity index (χ2n) is 2.61. The fourth-order valence-electron chi connectivity index (χ4n) is 0.442. The Morgan fingerprint density at radius 3 is 1.30 bits per heavy atom. The summed E-state index contributed by atoms with van der Waals surface area (Å²) in [5.41, 5.74) is 0. The zero-order chi connectivity index (χ0) is 21.7. The van der Waals surface area contributed by atoms with Gasteiger partial charge in [0.1, 0.15) is 0 Å². The quantitative estimate of drug-likeness (QED) is 0.0762. The Bertz CT molecular complexity index is 743. The van der Waals surface area contributed by atoms with Gasteiger partial charge in [0.25, 0.3) is 0 Å². The van der Waals surface area contributed by atoms with Crippen LogP contribution in [0.3, 0.4) is 0 Å². The minimum Gasteiger partial charge on any atom is -0.870 e. The average molecular weight is 506 g/mol. The predicted molar refractivity (Wildman–Crippen MR) is 81.9 cm³/mol. The fourth-order valence-corrected chi connectivity index (χ4v) is 0.442. The molecule has 0 aromatic heterocycles. The fraction of sp³-hybridized carbons (Fsp3) is 0. The van der Waals surface area contributed by atoms with Gasteiger partial charge in [0.2, 0.25) is 0 Å². The zero-order valence-electron chi connectivity index (χ0n) is 14.3. The SMILES string of the molecule is [C-]#CC#CC#CC#CC#CC#COOOOOOOOOOOOOO.[Ca+][Ca][Ca+].[OH-]. The van der Waals surface area contributed by atoms with E-state index in [0.717, 1.165) is 0 Å². The molecule has 0 aliphatic carbocycles. The summed E-state index contributed by atoms with van der Waals surface area (Å²) < 4.78 is 0. The molecular formula is C12H2Ca3O15. The summed E-state index contributed by atoms with van der Waals surface area (Å²) in [5, 5.41) is 49.3. The molecule has 0 fully saturated rings. The molecule has 0 atom stereocenters. The molecule has 0 rings (SSSR count). The summed E-state index contributed by atoms with van der Waals surface area (Å²) in [4.78, 5) is 4.04. The molecule has 146 valence electrons. The molecule has 30 heavy (non-hydrogen) atoms. The predicted octanol–water partition coefficient (Wildman–Crippen LogP) is -2.10. The second kappa shape index (κ2) is 36.7. The first kappa shape index (κ1) is 35.0. The second-order valence-corrected chi connectivity index (χ2v) is 27.0. The molecule has 0 amide bonds. The van der Waals surface area contributed by atoms with Crippen molar-refractivity contribution in [2.75, 3.05) is 0 Å². The average Bonchev–Trinajstić information content (AvgIpc) is 2.72. The van der Waals surface area contributed by atoms with Crippen LogP contribution in [0.5, 0.6) is 0 Å². The Morgan fingerprint density at radius 1 is 0.567 bits per heavy atom. The summed E-state index contributed by atoms with van der Waals surface area (Å²) >= 11 is 3.75. The first-order chi connectivity index (χ1) is 14.3. The van der Waals surface area contributed by atoms with Gasteiger partial charge in [-0.1, -0.05) is 0 Å². The summed E-state index contributed by atoms with van der Waals surface area (Å²) in [6, 6.07) is 0. The molecule has 2 N–H and O–H groups in total. The van der Waals surface area contributed by atoms with Crippen LogP contribution in [0.4, 0.5) is 0 Å². The minimum atomic E-state index is 0. The van der Waals surface area contributed by atoms with Crippen molar-refractivity contribution < 1.29 is 76.1 Å². The standard InChI is InChI=1S/C12HO14.3Ca.H2O/c1-2-3-4-5-6-7-8-9-10-11-12-14-16-18-20-22-24-26-25-23-21-19-17-15-13;;;;/h13H;;;;1H2/q-1;;2*+1;/p-1. The minimum absolute atomic E-state index is 0. The van der Waals surface area contributed by atoms with Crippen molar-refractivity contribution in [3.63, 3.8) is 0 Å². The summed E-state index contributed by atoms with van der Waals surface area (Å²) in [5.74, 6) is 22.3. The van der Waals surface area contributed by atoms with Crippen LogP contribution in [0.15, 0.2) is 0 Å². The van der Waals surface area contributed by atoms with E-state index in [-0.39, 0.29) is 5.48 Å². The molecule has 0 aliphatic heterocycles. The molecule has 0 unspecified atom stereocenters. The Labute approximate surface area is 210 Å². The largest absolute Gasteiger partial charge is 0.870 e. The molecule has 18 heteroatoms. The third kappa shape index (κ3) is 38.9. The molecule has 0 radical (unpaired) electrons. The van der Waals surface area contributed by atoms with Crippen LogP contribution >= 0.6 is 0 Å². The number of hydrogen-bond donors (Lipinski definition) is 1. The van der Waals surface area contributed by atoms with Gasteiger partial charge in [-0.25, -0.2) is 16.1 Å². The van der Waals surface area contributed by atoms with Gasteiger partial charge in [-0.15, -0.1) is 5.92 Å². The van der Waals surface area contributed by atoms with Crippen molar-refractivity contribution in [3.8, 4) is 65.3 Å². The first-order valence-electron chi connectivity index (χ1n) is 6.14. The maximum absolute atomic E-state index is 7.55. The van der Waals surface area contributed by atoms with E-state index in [4.69, 9.17) is 11.7 Å². The summed E-state index contributed by atoms with van der Waals surface area (Å²) in [7, 11) is 0. The van der Waals surface area contributed by atoms with Crippen LogP contribution < -0.4 is 0 Å². The van der Waals surface area contributed by atoms with Crippen LogP contribution in [-0.2, 0) is 65.3 Å². The third-order valence-corrected chi connectivity index (χ3v) is 0.997. The summed E-state index contributed by atoms with van der Waals surface area (Å²) in [6.45, 7) is 0. The van der Waals surface area contributed by atoms with Gasteiger partial charge >= 0.3 is 66.0 Å². The van der Waals surface area contributed by atoms with E-state index >= 15 is 0 Å². The van der Waals surface area contributed by atoms with Gasteiger partial charge in [0.05, 0.1) is 0 Å². The van der Waals surface area contributed by atoms with Crippen molar-refractivity contribution in [2.24, 2.45) is 0 Å². The molecule has 0 aromatic carbocycles. The molecule has 0 spiro atoms. The normalized spacial score (nSPS) is 7.07. The van der Waals surface area contributed by atoms with Gasteiger partial charge in [-0.05, 0) is 48.0 Å². The molecule has 0 saturated heterocycles. The van der Waals surface area contributed by atoms with Gasteiger partial charge < -0.3 is 11.9 Å². The van der Waals surface area contributed by atoms with E-state index in [0.29, 0.717) is 14.1 Å². The molecule has 15 nitrogen and oxygen atoms in total. The molecule has 0 aromatic rings. The van der Waals surface area contributed by atoms with E-state index in [9.17, 15) is 0 Å². The Hall–Kier alpha value is 0.379. The van der Waals surface area contributed by atoms with Crippen molar-refractivity contribution in [2.45, 2.75) is 0 Å². The van der Waals surface area contributed by atoms with Gasteiger partial charge in [-0.3, -0.25) is 5.92 Å². The number of rotatable bonds is 12.